The summed E-state index contributed by atoms with van der Waals surface area (Å²) in [6.07, 6.45) is 2.41. The predicted octanol–water partition coefficient (Wildman–Crippen LogP) is 2.08. The zero-order valence-electron chi connectivity index (χ0n) is 17.6. The number of piperazine rings is 1. The van der Waals surface area contributed by atoms with E-state index in [9.17, 15) is 14.3 Å². The van der Waals surface area contributed by atoms with Crippen molar-refractivity contribution in [2.45, 2.75) is 6.23 Å². The SMILES string of the molecule is CN1CCN(C(=O)c2ccc(-n3cc(C4=Cc5cc(F)ccc5NC4O)nn3)cc2)CC1. The molecule has 9 heteroatoms. The molecule has 164 valence electrons. The zero-order valence-corrected chi connectivity index (χ0v) is 17.6. The maximum absolute atomic E-state index is 13.6. The van der Waals surface area contributed by atoms with Crippen LogP contribution in [-0.4, -0.2) is 75.3 Å². The highest BCUT2D eigenvalue weighted by molar-refractivity contribution is 5.94. The number of nitrogens with one attached hydrogen (secondary N) is 1. The van der Waals surface area contributed by atoms with Crippen LogP contribution in [0.1, 0.15) is 21.6 Å². The fourth-order valence-electron chi connectivity index (χ4n) is 3.94. The minimum atomic E-state index is -0.985. The van der Waals surface area contributed by atoms with Crippen molar-refractivity contribution in [1.82, 2.24) is 24.8 Å². The van der Waals surface area contributed by atoms with E-state index in [2.05, 4.69) is 27.6 Å². The molecule has 1 aromatic heterocycles. The third-order valence-corrected chi connectivity index (χ3v) is 5.87. The standard InChI is InChI=1S/C23H23FN6O2/c1-28-8-10-29(11-9-28)23(32)15-2-5-18(6-3-15)30-14-21(26-27-30)19-13-16-12-17(24)4-7-20(16)25-22(19)31/h2-7,12-14,22,25,31H,8-11H2,1H3. The van der Waals surface area contributed by atoms with Gasteiger partial charge >= 0.3 is 0 Å². The molecule has 1 amide bonds. The summed E-state index contributed by atoms with van der Waals surface area (Å²) in [6.45, 7) is 3.20. The number of amides is 1. The number of carbonyl (C=O) groups is 1. The Morgan fingerprint density at radius 2 is 1.88 bits per heavy atom. The Morgan fingerprint density at radius 3 is 2.62 bits per heavy atom. The quantitative estimate of drug-likeness (QED) is 0.657. The molecular weight excluding hydrogens is 411 g/mol. The number of benzene rings is 2. The van der Waals surface area contributed by atoms with Crippen LogP contribution in [0.4, 0.5) is 10.1 Å². The second-order valence-electron chi connectivity index (χ2n) is 8.07. The van der Waals surface area contributed by atoms with E-state index in [1.807, 2.05) is 17.0 Å². The number of halogens is 1. The molecule has 3 heterocycles. The molecule has 1 saturated heterocycles. The number of likely N-dealkylation sites (N-methyl/N-ethyl adjacent to an activating group) is 1. The van der Waals surface area contributed by atoms with E-state index in [4.69, 9.17) is 0 Å². The van der Waals surface area contributed by atoms with Gasteiger partial charge in [0.15, 0.2) is 6.23 Å². The number of aromatic nitrogens is 3. The molecule has 8 nitrogen and oxygen atoms in total. The molecular formula is C23H23FN6O2. The fourth-order valence-corrected chi connectivity index (χ4v) is 3.94. The average Bonchev–Trinajstić information content (AvgIpc) is 3.29. The van der Waals surface area contributed by atoms with Gasteiger partial charge in [0, 0.05) is 48.6 Å². The molecule has 3 aromatic rings. The smallest absolute Gasteiger partial charge is 0.253 e. The first-order valence-electron chi connectivity index (χ1n) is 10.4. The van der Waals surface area contributed by atoms with E-state index in [1.165, 1.54) is 12.1 Å². The van der Waals surface area contributed by atoms with Gasteiger partial charge < -0.3 is 20.2 Å². The van der Waals surface area contributed by atoms with E-state index in [0.717, 1.165) is 31.9 Å². The highest BCUT2D eigenvalue weighted by Gasteiger charge is 2.23. The van der Waals surface area contributed by atoms with Gasteiger partial charge in [-0.05, 0) is 55.6 Å². The number of hydrogen-bond acceptors (Lipinski definition) is 6. The minimum Gasteiger partial charge on any atom is -0.369 e. The van der Waals surface area contributed by atoms with Crippen molar-refractivity contribution in [3.05, 3.63) is 71.3 Å². The number of anilines is 1. The summed E-state index contributed by atoms with van der Waals surface area (Å²) < 4.78 is 15.2. The molecule has 2 aliphatic rings. The Labute approximate surface area is 184 Å². The summed E-state index contributed by atoms with van der Waals surface area (Å²) in [4.78, 5) is 16.8. The molecule has 1 fully saturated rings. The van der Waals surface area contributed by atoms with Crippen LogP contribution in [0.2, 0.25) is 0 Å². The van der Waals surface area contributed by atoms with Crippen molar-refractivity contribution in [1.29, 1.82) is 0 Å². The molecule has 0 saturated carbocycles. The fraction of sp³-hybridized carbons (Fsp3) is 0.261. The summed E-state index contributed by atoms with van der Waals surface area (Å²) >= 11 is 0. The number of rotatable bonds is 3. The van der Waals surface area contributed by atoms with E-state index >= 15 is 0 Å². The lowest BCUT2D eigenvalue weighted by atomic mass is 10.0. The van der Waals surface area contributed by atoms with E-state index < -0.39 is 6.23 Å². The number of aliphatic hydroxyl groups is 1. The highest BCUT2D eigenvalue weighted by Crippen LogP contribution is 2.31. The molecule has 2 aromatic carbocycles. The largest absolute Gasteiger partial charge is 0.369 e. The van der Waals surface area contributed by atoms with Crippen molar-refractivity contribution in [2.75, 3.05) is 38.5 Å². The summed E-state index contributed by atoms with van der Waals surface area (Å²) in [7, 11) is 2.05. The summed E-state index contributed by atoms with van der Waals surface area (Å²) in [5.74, 6) is -0.330. The van der Waals surface area contributed by atoms with Crippen LogP contribution in [0.15, 0.2) is 48.7 Å². The molecule has 32 heavy (non-hydrogen) atoms. The number of carbonyl (C=O) groups excluding carboxylic acids is 1. The first-order chi connectivity index (χ1) is 15.5. The van der Waals surface area contributed by atoms with E-state index in [-0.39, 0.29) is 11.7 Å². The lowest BCUT2D eigenvalue weighted by Gasteiger charge is -2.32. The molecule has 2 aliphatic heterocycles. The molecule has 0 aliphatic carbocycles. The van der Waals surface area contributed by atoms with Crippen LogP contribution in [0.5, 0.6) is 0 Å². The monoisotopic (exact) mass is 434 g/mol. The first kappa shape index (κ1) is 20.3. The summed E-state index contributed by atoms with van der Waals surface area (Å²) in [6, 6.07) is 11.5. The molecule has 1 atom stereocenters. The third kappa shape index (κ3) is 3.88. The molecule has 5 rings (SSSR count). The van der Waals surface area contributed by atoms with Gasteiger partial charge in [-0.1, -0.05) is 5.21 Å². The van der Waals surface area contributed by atoms with Gasteiger partial charge in [0.2, 0.25) is 0 Å². The maximum Gasteiger partial charge on any atom is 0.253 e. The molecule has 1 unspecified atom stereocenters. The van der Waals surface area contributed by atoms with E-state index in [0.29, 0.717) is 28.1 Å². The normalized spacial score (nSPS) is 18.7. The van der Waals surface area contributed by atoms with Gasteiger partial charge in [-0.15, -0.1) is 5.10 Å². The van der Waals surface area contributed by atoms with Gasteiger partial charge in [0.1, 0.15) is 11.5 Å². The van der Waals surface area contributed by atoms with Crippen LogP contribution >= 0.6 is 0 Å². The van der Waals surface area contributed by atoms with Gasteiger partial charge in [0.05, 0.1) is 11.9 Å². The first-order valence-corrected chi connectivity index (χ1v) is 10.4. The topological polar surface area (TPSA) is 86.5 Å². The summed E-state index contributed by atoms with van der Waals surface area (Å²) in [5.41, 5.74) is 3.62. The van der Waals surface area contributed by atoms with Gasteiger partial charge in [-0.3, -0.25) is 4.79 Å². The molecule has 0 radical (unpaired) electrons. The van der Waals surface area contributed by atoms with Crippen molar-refractivity contribution in [3.8, 4) is 5.69 Å². The van der Waals surface area contributed by atoms with Crippen molar-refractivity contribution < 1.29 is 14.3 Å². The molecule has 0 bridgehead atoms. The van der Waals surface area contributed by atoms with Crippen LogP contribution < -0.4 is 5.32 Å². The Kier molecular flexibility index (Phi) is 5.20. The van der Waals surface area contributed by atoms with Crippen molar-refractivity contribution >= 4 is 23.2 Å². The van der Waals surface area contributed by atoms with Gasteiger partial charge in [-0.2, -0.15) is 0 Å². The number of fused-ring (bicyclic) bond motifs is 1. The van der Waals surface area contributed by atoms with E-state index in [1.54, 1.807) is 35.2 Å². The lowest BCUT2D eigenvalue weighted by molar-refractivity contribution is 0.0664. The van der Waals surface area contributed by atoms with Crippen LogP contribution in [0.3, 0.4) is 0 Å². The Morgan fingerprint density at radius 1 is 1.12 bits per heavy atom. The van der Waals surface area contributed by atoms with Crippen LogP contribution in [0, 0.1) is 5.82 Å². The Hall–Kier alpha value is -3.56. The molecule has 0 spiro atoms. The lowest BCUT2D eigenvalue weighted by Crippen LogP contribution is -2.47. The average molecular weight is 434 g/mol. The third-order valence-electron chi connectivity index (χ3n) is 5.87. The van der Waals surface area contributed by atoms with Crippen LogP contribution in [0.25, 0.3) is 17.3 Å². The zero-order chi connectivity index (χ0) is 22.2. The second kappa shape index (κ2) is 8.18. The highest BCUT2D eigenvalue weighted by atomic mass is 19.1. The number of hydrogen-bond donors (Lipinski definition) is 2. The van der Waals surface area contributed by atoms with Crippen molar-refractivity contribution in [2.24, 2.45) is 0 Å². The van der Waals surface area contributed by atoms with Gasteiger partial charge in [-0.25, -0.2) is 9.07 Å². The second-order valence-corrected chi connectivity index (χ2v) is 8.07. The molecule has 2 N–H and O–H groups in total. The number of aliphatic hydroxyl groups excluding tert-OH is 1. The number of nitrogens with zero attached hydrogens (tertiary/aromatic N) is 5. The van der Waals surface area contributed by atoms with Crippen molar-refractivity contribution in [3.63, 3.8) is 0 Å². The Balaban J connectivity index is 1.35. The summed E-state index contributed by atoms with van der Waals surface area (Å²) in [5, 5.41) is 21.7. The van der Waals surface area contributed by atoms with Crippen LogP contribution in [-0.2, 0) is 0 Å². The van der Waals surface area contributed by atoms with Gasteiger partial charge in [0.25, 0.3) is 5.91 Å². The predicted molar refractivity (Wildman–Crippen MR) is 119 cm³/mol. The maximum atomic E-state index is 13.6. The Bertz CT molecular complexity index is 1180. The minimum absolute atomic E-state index is 0.0244.